The van der Waals surface area contributed by atoms with Crippen molar-refractivity contribution in [2.45, 2.75) is 10.8 Å². The minimum Gasteiger partial charge on any atom is -0.294 e. The molecule has 4 aromatic carbocycles. The average Bonchev–Trinajstić information content (AvgIpc) is 3.21. The molecular weight excluding hydrogens is 430 g/mol. The summed E-state index contributed by atoms with van der Waals surface area (Å²) >= 11 is 0. The van der Waals surface area contributed by atoms with E-state index in [2.05, 4.69) is 0 Å². The highest BCUT2D eigenvalue weighted by Gasteiger charge is 2.82. The van der Waals surface area contributed by atoms with Gasteiger partial charge in [0.2, 0.25) is 0 Å². The van der Waals surface area contributed by atoms with E-state index in [1.54, 1.807) is 24.3 Å². The second kappa shape index (κ2) is 6.35. The lowest BCUT2D eigenvalue weighted by molar-refractivity contribution is 0.00353. The summed E-state index contributed by atoms with van der Waals surface area (Å²) in [6, 6.07) is 27.5. The monoisotopic (exact) mass is 448 g/mol. The largest absolute Gasteiger partial charge is 0.294 e. The predicted octanol–water partition coefficient (Wildman–Crippen LogP) is 5.88. The third-order valence-corrected chi connectivity index (χ3v) is 8.29. The Balaban J connectivity index is 1.68. The van der Waals surface area contributed by atoms with Crippen LogP contribution in [0.3, 0.4) is 0 Å². The van der Waals surface area contributed by atoms with Gasteiger partial charge in [0.1, 0.15) is 11.6 Å². The van der Waals surface area contributed by atoms with Gasteiger partial charge in [-0.2, -0.15) is 0 Å². The molecule has 0 unspecified atom stereocenters. The highest BCUT2D eigenvalue weighted by atomic mass is 19.1. The summed E-state index contributed by atoms with van der Waals surface area (Å²) in [6.07, 6.45) is 0. The van der Waals surface area contributed by atoms with Crippen LogP contribution in [0.4, 0.5) is 8.78 Å². The maximum Gasteiger partial charge on any atom is 0.168 e. The van der Waals surface area contributed by atoms with Gasteiger partial charge in [0.05, 0.1) is 0 Å². The van der Waals surface area contributed by atoms with Gasteiger partial charge in [-0.15, -0.1) is 0 Å². The third kappa shape index (κ3) is 1.94. The quantitative estimate of drug-likeness (QED) is 0.384. The minimum absolute atomic E-state index is 0.0659. The van der Waals surface area contributed by atoms with Gasteiger partial charge >= 0.3 is 0 Å². The molecule has 4 heteroatoms. The highest BCUT2D eigenvalue weighted by Crippen LogP contribution is 2.77. The maximum absolute atomic E-state index is 14.1. The molecule has 3 aliphatic rings. The minimum atomic E-state index is -0.918. The Morgan fingerprint density at radius 1 is 0.500 bits per heavy atom. The second-order valence-corrected chi connectivity index (χ2v) is 9.40. The van der Waals surface area contributed by atoms with Crippen LogP contribution >= 0.6 is 0 Å². The molecule has 4 aromatic rings. The maximum atomic E-state index is 14.1. The first-order valence-corrected chi connectivity index (χ1v) is 11.3. The zero-order valence-corrected chi connectivity index (χ0v) is 18.0. The summed E-state index contributed by atoms with van der Waals surface area (Å²) in [5, 5.41) is 0. The molecule has 34 heavy (non-hydrogen) atoms. The Kier molecular flexibility index (Phi) is 3.65. The molecule has 7 rings (SSSR count). The second-order valence-electron chi connectivity index (χ2n) is 9.40. The highest BCUT2D eigenvalue weighted by molar-refractivity contribution is 6.17. The van der Waals surface area contributed by atoms with Gasteiger partial charge in [-0.25, -0.2) is 8.78 Å². The molecule has 4 atom stereocenters. The Labute approximate surface area is 194 Å². The summed E-state index contributed by atoms with van der Waals surface area (Å²) in [7, 11) is 0. The van der Waals surface area contributed by atoms with Crippen LogP contribution < -0.4 is 0 Å². The zero-order valence-electron chi connectivity index (χ0n) is 18.0. The summed E-state index contributed by atoms with van der Waals surface area (Å²) < 4.78 is 28.1. The van der Waals surface area contributed by atoms with E-state index in [4.69, 9.17) is 0 Å². The first-order chi connectivity index (χ1) is 16.5. The van der Waals surface area contributed by atoms with Crippen molar-refractivity contribution < 1.29 is 18.4 Å². The fraction of sp³-hybridized carbons (Fsp3) is 0.133. The summed E-state index contributed by atoms with van der Waals surface area (Å²) in [6.45, 7) is 0. The molecule has 0 heterocycles. The zero-order chi connectivity index (χ0) is 23.2. The first kappa shape index (κ1) is 19.5. The van der Waals surface area contributed by atoms with Crippen molar-refractivity contribution in [1.82, 2.24) is 0 Å². The van der Waals surface area contributed by atoms with E-state index >= 15 is 0 Å². The summed E-state index contributed by atoms with van der Waals surface area (Å²) in [5.41, 5.74) is 2.59. The van der Waals surface area contributed by atoms with Crippen LogP contribution in [0.1, 0.15) is 43.0 Å². The fourth-order valence-corrected chi connectivity index (χ4v) is 7.32. The molecule has 0 saturated heterocycles. The number of hydrogen-bond acceptors (Lipinski definition) is 2. The number of ketones is 2. The van der Waals surface area contributed by atoms with Crippen LogP contribution in [-0.4, -0.2) is 11.6 Å². The van der Waals surface area contributed by atoms with E-state index in [9.17, 15) is 18.4 Å². The van der Waals surface area contributed by atoms with Crippen LogP contribution in [0.15, 0.2) is 97.1 Å². The number of rotatable bonds is 2. The molecule has 2 nitrogen and oxygen atoms in total. The van der Waals surface area contributed by atoms with Gasteiger partial charge in [0.25, 0.3) is 0 Å². The number of carbonyl (C=O) groups excluding carboxylic acids is 2. The topological polar surface area (TPSA) is 34.1 Å². The van der Waals surface area contributed by atoms with E-state index in [1.165, 1.54) is 24.3 Å². The Hall–Kier alpha value is -3.92. The van der Waals surface area contributed by atoms with E-state index in [0.717, 1.165) is 22.3 Å². The molecule has 0 N–H and O–H groups in total. The van der Waals surface area contributed by atoms with E-state index in [0.29, 0.717) is 11.1 Å². The predicted molar refractivity (Wildman–Crippen MR) is 123 cm³/mol. The molecule has 0 amide bonds. The molecule has 1 fully saturated rings. The molecule has 0 aliphatic heterocycles. The molecular formula is C30H18F2O2. The SMILES string of the molecule is O=C1c2ccccc2[C@]2(c3ccc(F)cc3)[C@H]1[C@H]1C(=O)c3ccccc3[C@]12c1ccc(F)cc1. The van der Waals surface area contributed by atoms with Crippen molar-refractivity contribution in [3.05, 3.63) is 142 Å². The van der Waals surface area contributed by atoms with Crippen LogP contribution in [0, 0.1) is 23.5 Å². The fourth-order valence-electron chi connectivity index (χ4n) is 7.32. The molecule has 1 saturated carbocycles. The summed E-state index contributed by atoms with van der Waals surface area (Å²) in [4.78, 5) is 27.8. The van der Waals surface area contributed by atoms with Crippen molar-refractivity contribution in [1.29, 1.82) is 0 Å². The molecule has 0 bridgehead atoms. The lowest BCUT2D eigenvalue weighted by atomic mass is 9.34. The van der Waals surface area contributed by atoms with E-state index in [-0.39, 0.29) is 23.2 Å². The van der Waals surface area contributed by atoms with Crippen molar-refractivity contribution >= 4 is 11.6 Å². The number of Topliss-reactive ketones (excluding diaryl/α,β-unsaturated/α-hetero) is 2. The van der Waals surface area contributed by atoms with Gasteiger partial charge in [0.15, 0.2) is 11.6 Å². The Morgan fingerprint density at radius 3 is 1.24 bits per heavy atom. The lowest BCUT2D eigenvalue weighted by Gasteiger charge is -2.64. The average molecular weight is 448 g/mol. The number of hydrogen-bond donors (Lipinski definition) is 0. The summed E-state index contributed by atoms with van der Waals surface area (Å²) in [5.74, 6) is -2.12. The van der Waals surface area contributed by atoms with Gasteiger partial charge in [-0.3, -0.25) is 9.59 Å². The van der Waals surface area contributed by atoms with Crippen molar-refractivity contribution in [2.24, 2.45) is 11.8 Å². The van der Waals surface area contributed by atoms with Gasteiger partial charge in [-0.05, 0) is 46.5 Å². The van der Waals surface area contributed by atoms with Crippen LogP contribution in [0.2, 0.25) is 0 Å². The first-order valence-electron chi connectivity index (χ1n) is 11.3. The lowest BCUT2D eigenvalue weighted by Crippen LogP contribution is -2.70. The molecule has 164 valence electrons. The standard InChI is InChI=1S/C30H18F2O2/c31-19-13-9-17(10-14-19)29-23-7-3-1-5-21(23)27(33)25(29)26-28(34)22-6-2-4-8-24(22)30(26,29)18-11-15-20(32)16-12-18/h1-16,25-26H/t25-,26-,29+,30+/m0/s1. The normalized spacial score (nSPS) is 28.1. The molecule has 0 radical (unpaired) electrons. The number of benzene rings is 4. The number of halogens is 2. The Bertz CT molecular complexity index is 1410. The molecule has 3 aliphatic carbocycles. The van der Waals surface area contributed by atoms with Crippen LogP contribution in [0.25, 0.3) is 0 Å². The smallest absolute Gasteiger partial charge is 0.168 e. The van der Waals surface area contributed by atoms with Gasteiger partial charge in [0, 0.05) is 33.8 Å². The van der Waals surface area contributed by atoms with Gasteiger partial charge < -0.3 is 0 Å². The van der Waals surface area contributed by atoms with E-state index in [1.807, 2.05) is 48.5 Å². The number of fused-ring (bicyclic) bond motifs is 8. The van der Waals surface area contributed by atoms with Crippen molar-refractivity contribution in [3.8, 4) is 0 Å². The Morgan fingerprint density at radius 2 is 0.853 bits per heavy atom. The number of carbonyl (C=O) groups is 2. The van der Waals surface area contributed by atoms with Crippen LogP contribution in [0.5, 0.6) is 0 Å². The van der Waals surface area contributed by atoms with Crippen molar-refractivity contribution in [3.63, 3.8) is 0 Å². The van der Waals surface area contributed by atoms with Crippen molar-refractivity contribution in [2.75, 3.05) is 0 Å². The van der Waals surface area contributed by atoms with Crippen LogP contribution in [-0.2, 0) is 10.8 Å². The third-order valence-electron chi connectivity index (χ3n) is 8.29. The van der Waals surface area contributed by atoms with E-state index < -0.39 is 22.7 Å². The molecule has 0 spiro atoms. The van der Waals surface area contributed by atoms with Gasteiger partial charge in [-0.1, -0.05) is 72.8 Å². The molecule has 0 aromatic heterocycles.